The molecule has 0 aliphatic carbocycles. The molecular weight excluding hydrogens is 198 g/mol. The van der Waals surface area contributed by atoms with Crippen molar-refractivity contribution in [3.8, 4) is 5.75 Å². The van der Waals surface area contributed by atoms with E-state index in [1.54, 1.807) is 7.11 Å². The van der Waals surface area contributed by atoms with Crippen molar-refractivity contribution in [1.29, 1.82) is 0 Å². The molecule has 0 unspecified atom stereocenters. The second kappa shape index (κ2) is 4.91. The Kier molecular flexibility index (Phi) is 3.83. The van der Waals surface area contributed by atoms with Crippen LogP contribution in [0.3, 0.4) is 0 Å². The van der Waals surface area contributed by atoms with Crippen LogP contribution in [0, 0.1) is 0 Å². The van der Waals surface area contributed by atoms with Crippen molar-refractivity contribution < 1.29 is 9.53 Å². The van der Waals surface area contributed by atoms with Crippen LogP contribution in [0.15, 0.2) is 18.2 Å². The van der Waals surface area contributed by atoms with Gasteiger partial charge >= 0.3 is 0 Å². The quantitative estimate of drug-likeness (QED) is 0.754. The minimum Gasteiger partial charge on any atom is -0.495 e. The predicted molar refractivity (Wildman–Crippen MR) is 60.4 cm³/mol. The standard InChI is InChI=1S/C10H13NO2S/c1-3-7-4-5-9(13-2)8(6-7)11-10(12)14/h4-6H,3H2,1-2H3,(H2,11,12,14). The summed E-state index contributed by atoms with van der Waals surface area (Å²) in [4.78, 5) is 10.8. The van der Waals surface area contributed by atoms with Crippen LogP contribution >= 0.6 is 12.6 Å². The molecule has 0 heterocycles. The molecule has 0 saturated carbocycles. The minimum absolute atomic E-state index is 0.392. The van der Waals surface area contributed by atoms with Crippen molar-refractivity contribution in [3.05, 3.63) is 23.8 Å². The van der Waals surface area contributed by atoms with Crippen LogP contribution in [-0.4, -0.2) is 12.3 Å². The minimum atomic E-state index is -0.392. The number of hydrogen-bond acceptors (Lipinski definition) is 2. The molecule has 1 amide bonds. The number of amides is 1. The van der Waals surface area contributed by atoms with Crippen molar-refractivity contribution in [2.24, 2.45) is 0 Å². The van der Waals surface area contributed by atoms with E-state index in [9.17, 15) is 4.79 Å². The summed E-state index contributed by atoms with van der Waals surface area (Å²) in [5.74, 6) is 0.643. The molecule has 14 heavy (non-hydrogen) atoms. The maximum Gasteiger partial charge on any atom is 0.280 e. The van der Waals surface area contributed by atoms with Crippen LogP contribution in [0.5, 0.6) is 5.75 Å². The zero-order valence-electron chi connectivity index (χ0n) is 8.20. The highest BCUT2D eigenvalue weighted by atomic mass is 32.1. The van der Waals surface area contributed by atoms with Gasteiger partial charge in [-0.25, -0.2) is 0 Å². The number of rotatable bonds is 3. The van der Waals surface area contributed by atoms with Gasteiger partial charge in [-0.05, 0) is 24.1 Å². The summed E-state index contributed by atoms with van der Waals surface area (Å²) in [6.07, 6.45) is 0.916. The number of anilines is 1. The lowest BCUT2D eigenvalue weighted by Crippen LogP contribution is -2.03. The normalized spacial score (nSPS) is 9.64. The van der Waals surface area contributed by atoms with Gasteiger partial charge in [0.25, 0.3) is 5.24 Å². The van der Waals surface area contributed by atoms with Crippen LogP contribution in [-0.2, 0) is 6.42 Å². The molecule has 0 aliphatic rings. The third kappa shape index (κ3) is 2.67. The molecule has 0 saturated heterocycles. The van der Waals surface area contributed by atoms with E-state index in [2.05, 4.69) is 17.9 Å². The number of methoxy groups -OCH3 is 1. The fraction of sp³-hybridized carbons (Fsp3) is 0.300. The third-order valence-electron chi connectivity index (χ3n) is 1.91. The highest BCUT2D eigenvalue weighted by molar-refractivity contribution is 7.96. The summed E-state index contributed by atoms with van der Waals surface area (Å²) in [5.41, 5.74) is 1.80. The first kappa shape index (κ1) is 10.9. The van der Waals surface area contributed by atoms with Crippen LogP contribution in [0.2, 0.25) is 0 Å². The Morgan fingerprint density at radius 2 is 2.29 bits per heavy atom. The summed E-state index contributed by atoms with van der Waals surface area (Å²) in [7, 11) is 1.56. The van der Waals surface area contributed by atoms with Gasteiger partial charge in [0, 0.05) is 0 Å². The van der Waals surface area contributed by atoms with Crippen molar-refractivity contribution in [2.75, 3.05) is 12.4 Å². The van der Waals surface area contributed by atoms with Gasteiger partial charge < -0.3 is 10.1 Å². The van der Waals surface area contributed by atoms with E-state index in [1.165, 1.54) is 0 Å². The van der Waals surface area contributed by atoms with Gasteiger partial charge in [-0.1, -0.05) is 25.6 Å². The molecule has 0 bridgehead atoms. The zero-order chi connectivity index (χ0) is 10.6. The number of hydrogen-bond donors (Lipinski definition) is 2. The second-order valence-corrected chi connectivity index (χ2v) is 3.22. The molecule has 76 valence electrons. The molecule has 1 N–H and O–H groups in total. The summed E-state index contributed by atoms with van der Waals surface area (Å²) in [5, 5.41) is 2.21. The van der Waals surface area contributed by atoms with Gasteiger partial charge in [0.1, 0.15) is 5.75 Å². The van der Waals surface area contributed by atoms with Crippen LogP contribution in [0.25, 0.3) is 0 Å². The number of aryl methyl sites for hydroxylation is 1. The van der Waals surface area contributed by atoms with E-state index in [0.29, 0.717) is 11.4 Å². The average molecular weight is 211 g/mol. The Bertz CT molecular complexity index is 339. The molecule has 0 atom stereocenters. The first-order chi connectivity index (χ1) is 6.67. The fourth-order valence-corrected chi connectivity index (χ4v) is 1.31. The van der Waals surface area contributed by atoms with Crippen molar-refractivity contribution in [2.45, 2.75) is 13.3 Å². The van der Waals surface area contributed by atoms with Gasteiger partial charge in [0.05, 0.1) is 12.8 Å². The smallest absolute Gasteiger partial charge is 0.280 e. The highest BCUT2D eigenvalue weighted by Gasteiger charge is 2.05. The van der Waals surface area contributed by atoms with Crippen LogP contribution in [0.1, 0.15) is 12.5 Å². The monoisotopic (exact) mass is 211 g/mol. The fourth-order valence-electron chi connectivity index (χ4n) is 1.19. The third-order valence-corrected chi connectivity index (χ3v) is 2.03. The number of carbonyl (C=O) groups excluding carboxylic acids is 1. The molecule has 0 radical (unpaired) electrons. The Morgan fingerprint density at radius 3 is 2.79 bits per heavy atom. The van der Waals surface area contributed by atoms with Gasteiger partial charge in [0.2, 0.25) is 0 Å². The summed E-state index contributed by atoms with van der Waals surface area (Å²) >= 11 is 3.65. The van der Waals surface area contributed by atoms with E-state index >= 15 is 0 Å². The van der Waals surface area contributed by atoms with E-state index in [4.69, 9.17) is 4.74 Å². The number of carbonyl (C=O) groups is 1. The summed E-state index contributed by atoms with van der Waals surface area (Å²) in [6, 6.07) is 5.68. The summed E-state index contributed by atoms with van der Waals surface area (Å²) in [6.45, 7) is 2.05. The van der Waals surface area contributed by atoms with Crippen LogP contribution in [0.4, 0.5) is 10.5 Å². The van der Waals surface area contributed by atoms with Gasteiger partial charge in [-0.15, -0.1) is 0 Å². The van der Waals surface area contributed by atoms with Gasteiger partial charge in [-0.2, -0.15) is 0 Å². The second-order valence-electron chi connectivity index (χ2n) is 2.82. The first-order valence-electron chi connectivity index (χ1n) is 4.34. The van der Waals surface area contributed by atoms with E-state index < -0.39 is 5.24 Å². The Labute approximate surface area is 88.9 Å². The van der Waals surface area contributed by atoms with Gasteiger partial charge in [-0.3, -0.25) is 4.79 Å². The topological polar surface area (TPSA) is 38.3 Å². The first-order valence-corrected chi connectivity index (χ1v) is 4.79. The lowest BCUT2D eigenvalue weighted by atomic mass is 10.1. The molecule has 1 rings (SSSR count). The molecule has 3 nitrogen and oxygen atoms in total. The molecule has 0 aliphatic heterocycles. The maximum absolute atomic E-state index is 10.8. The lowest BCUT2D eigenvalue weighted by Gasteiger charge is -2.09. The number of ether oxygens (including phenoxy) is 1. The van der Waals surface area contributed by atoms with Crippen molar-refractivity contribution >= 4 is 23.6 Å². The molecule has 0 aromatic heterocycles. The van der Waals surface area contributed by atoms with Crippen molar-refractivity contribution in [3.63, 3.8) is 0 Å². The maximum atomic E-state index is 10.8. The predicted octanol–water partition coefficient (Wildman–Crippen LogP) is 2.72. The molecule has 0 spiro atoms. The number of nitrogens with one attached hydrogen (secondary N) is 1. The van der Waals surface area contributed by atoms with E-state index in [0.717, 1.165) is 12.0 Å². The zero-order valence-corrected chi connectivity index (χ0v) is 9.10. The number of benzene rings is 1. The summed E-state index contributed by atoms with van der Waals surface area (Å²) < 4.78 is 5.10. The Hall–Kier alpha value is -1.16. The molecule has 1 aromatic carbocycles. The molecule has 4 heteroatoms. The molecule has 1 aromatic rings. The Morgan fingerprint density at radius 1 is 1.57 bits per heavy atom. The largest absolute Gasteiger partial charge is 0.495 e. The van der Waals surface area contributed by atoms with E-state index in [-0.39, 0.29) is 0 Å². The average Bonchev–Trinajstić information content (AvgIpc) is 2.16. The van der Waals surface area contributed by atoms with Crippen LogP contribution < -0.4 is 10.1 Å². The highest BCUT2D eigenvalue weighted by Crippen LogP contribution is 2.25. The van der Waals surface area contributed by atoms with Gasteiger partial charge in [0.15, 0.2) is 0 Å². The number of thiol groups is 1. The molecular formula is C10H13NO2S. The van der Waals surface area contributed by atoms with Crippen molar-refractivity contribution in [1.82, 2.24) is 0 Å². The Balaban J connectivity index is 3.01. The SMILES string of the molecule is CCc1ccc(OC)c(NC(=O)S)c1. The lowest BCUT2D eigenvalue weighted by molar-refractivity contribution is 0.270. The van der Waals surface area contributed by atoms with E-state index in [1.807, 2.05) is 25.1 Å². The molecule has 0 fully saturated rings.